The highest BCUT2D eigenvalue weighted by Crippen LogP contribution is 1.81. The zero-order valence-electron chi connectivity index (χ0n) is 5.89. The van der Waals surface area contributed by atoms with Crippen LogP contribution in [-0.2, 0) is 4.79 Å². The minimum Gasteiger partial charge on any atom is -0.285 e. The van der Waals surface area contributed by atoms with E-state index in [1.54, 1.807) is 12.2 Å². The molecule has 0 aliphatic carbocycles. The summed E-state index contributed by atoms with van der Waals surface area (Å²) >= 11 is 0. The largest absolute Gasteiger partial charge is 0.285 e. The average molecular weight is 134 g/mol. The molecule has 0 unspecified atom stereocenters. The van der Waals surface area contributed by atoms with Crippen LogP contribution < -0.4 is 0 Å². The summed E-state index contributed by atoms with van der Waals surface area (Å²) in [6.07, 6.45) is 4.12. The van der Waals surface area contributed by atoms with Crippen LogP contribution in [0.5, 0.6) is 0 Å². The van der Waals surface area contributed by atoms with Crippen LogP contribution >= 0.6 is 0 Å². The zero-order valence-corrected chi connectivity index (χ0v) is 5.89. The summed E-state index contributed by atoms with van der Waals surface area (Å²) in [6, 6.07) is 0. The zero-order chi connectivity index (χ0) is 7.82. The summed E-state index contributed by atoms with van der Waals surface area (Å²) in [5.74, 6) is 5.02. The normalized spacial score (nSPS) is 7.20. The maximum atomic E-state index is 10.6. The van der Waals surface area contributed by atoms with E-state index in [1.165, 1.54) is 0 Å². The van der Waals surface area contributed by atoms with Crippen molar-refractivity contribution in [3.8, 4) is 11.8 Å². The lowest BCUT2D eigenvalue weighted by atomic mass is 10.3. The van der Waals surface area contributed by atoms with E-state index in [2.05, 4.69) is 25.0 Å². The molecule has 0 rings (SSSR count). The van der Waals surface area contributed by atoms with Gasteiger partial charge in [-0.25, -0.2) is 0 Å². The molecule has 0 radical (unpaired) electrons. The molecule has 10 heavy (non-hydrogen) atoms. The Morgan fingerprint density at radius 3 is 2.60 bits per heavy atom. The Hall–Kier alpha value is -1.29. The monoisotopic (exact) mass is 134 g/mol. The van der Waals surface area contributed by atoms with Gasteiger partial charge in [-0.2, -0.15) is 0 Å². The van der Waals surface area contributed by atoms with Gasteiger partial charge < -0.3 is 0 Å². The van der Waals surface area contributed by atoms with Gasteiger partial charge in [-0.1, -0.05) is 18.1 Å². The number of carbonyl (C=O) groups is 1. The fraction of sp³-hybridized carbons (Fsp3) is 0.222. The summed E-state index contributed by atoms with van der Waals surface area (Å²) in [7, 11) is 0. The molecule has 0 saturated heterocycles. The van der Waals surface area contributed by atoms with E-state index in [-0.39, 0.29) is 5.78 Å². The molecular weight excluding hydrogens is 124 g/mol. The van der Waals surface area contributed by atoms with Gasteiger partial charge in [0.25, 0.3) is 0 Å². The van der Waals surface area contributed by atoms with Crippen molar-refractivity contribution in [2.45, 2.75) is 12.8 Å². The Labute approximate surface area is 61.4 Å². The Balaban J connectivity index is 3.67. The Kier molecular flexibility index (Phi) is 5.09. The van der Waals surface area contributed by atoms with Crippen LogP contribution in [0.3, 0.4) is 0 Å². The first-order valence-corrected chi connectivity index (χ1v) is 3.04. The fourth-order valence-corrected chi connectivity index (χ4v) is 0.404. The van der Waals surface area contributed by atoms with Crippen LogP contribution in [0, 0.1) is 11.8 Å². The molecule has 0 aromatic heterocycles. The Morgan fingerprint density at radius 2 is 2.10 bits per heavy atom. The van der Waals surface area contributed by atoms with Crippen molar-refractivity contribution in [2.75, 3.05) is 0 Å². The van der Waals surface area contributed by atoms with Crippen LogP contribution in [0.15, 0.2) is 25.3 Å². The van der Waals surface area contributed by atoms with E-state index >= 15 is 0 Å². The molecule has 52 valence electrons. The molecule has 0 N–H and O–H groups in total. The van der Waals surface area contributed by atoms with Gasteiger partial charge in [0.1, 0.15) is 0 Å². The molecule has 0 bridgehead atoms. The van der Waals surface area contributed by atoms with E-state index in [9.17, 15) is 4.79 Å². The maximum Gasteiger partial charge on any atom is 0.209 e. The van der Waals surface area contributed by atoms with E-state index in [0.717, 1.165) is 0 Å². The molecule has 0 amide bonds. The first-order chi connectivity index (χ1) is 4.81. The summed E-state index contributed by atoms with van der Waals surface area (Å²) in [5, 5.41) is 0. The third kappa shape index (κ3) is 4.86. The second kappa shape index (κ2) is 5.84. The molecule has 0 saturated carbocycles. The standard InChI is InChI=1S/C9H10O/c1-3-5-6-8-9(10)7-4-2/h3-4H,1-2,5,7H2. The maximum absolute atomic E-state index is 10.6. The molecule has 1 nitrogen and oxygen atoms in total. The van der Waals surface area contributed by atoms with Gasteiger partial charge in [0.2, 0.25) is 5.78 Å². The van der Waals surface area contributed by atoms with Crippen LogP contribution in [0.25, 0.3) is 0 Å². The molecule has 0 aromatic carbocycles. The molecule has 0 atom stereocenters. The molecular formula is C9H10O. The quantitative estimate of drug-likeness (QED) is 0.326. The molecule has 0 fully saturated rings. The third-order valence-electron chi connectivity index (χ3n) is 0.804. The summed E-state index contributed by atoms with van der Waals surface area (Å²) < 4.78 is 0. The van der Waals surface area contributed by atoms with Gasteiger partial charge in [-0.15, -0.1) is 13.2 Å². The highest BCUT2D eigenvalue weighted by atomic mass is 16.1. The average Bonchev–Trinajstić information content (AvgIpc) is 1.89. The second-order valence-corrected chi connectivity index (χ2v) is 1.71. The van der Waals surface area contributed by atoms with Crippen LogP contribution in [0.2, 0.25) is 0 Å². The van der Waals surface area contributed by atoms with Crippen molar-refractivity contribution >= 4 is 5.78 Å². The summed E-state index contributed by atoms with van der Waals surface area (Å²) in [4.78, 5) is 10.6. The smallest absolute Gasteiger partial charge is 0.209 e. The molecule has 0 aliphatic heterocycles. The van der Waals surface area contributed by atoms with Crippen molar-refractivity contribution in [3.63, 3.8) is 0 Å². The fourth-order valence-electron chi connectivity index (χ4n) is 0.404. The molecule has 0 aromatic rings. The topological polar surface area (TPSA) is 17.1 Å². The lowest BCUT2D eigenvalue weighted by Gasteiger charge is -1.78. The number of hydrogen-bond donors (Lipinski definition) is 0. The van der Waals surface area contributed by atoms with Crippen molar-refractivity contribution in [2.24, 2.45) is 0 Å². The van der Waals surface area contributed by atoms with Gasteiger partial charge in [0, 0.05) is 12.8 Å². The first kappa shape index (κ1) is 8.71. The van der Waals surface area contributed by atoms with E-state index in [0.29, 0.717) is 12.8 Å². The molecule has 0 heterocycles. The molecule has 1 heteroatoms. The molecule has 0 spiro atoms. The Bertz CT molecular complexity index is 191. The van der Waals surface area contributed by atoms with Gasteiger partial charge in [0.15, 0.2) is 0 Å². The minimum atomic E-state index is -0.0862. The van der Waals surface area contributed by atoms with Crippen molar-refractivity contribution in [1.29, 1.82) is 0 Å². The third-order valence-corrected chi connectivity index (χ3v) is 0.804. The number of hydrogen-bond acceptors (Lipinski definition) is 1. The number of carbonyl (C=O) groups excluding carboxylic acids is 1. The first-order valence-electron chi connectivity index (χ1n) is 3.04. The van der Waals surface area contributed by atoms with Gasteiger partial charge in [-0.05, 0) is 5.92 Å². The number of ketones is 1. The lowest BCUT2D eigenvalue weighted by Crippen LogP contribution is -1.88. The highest BCUT2D eigenvalue weighted by molar-refractivity contribution is 5.96. The van der Waals surface area contributed by atoms with E-state index < -0.39 is 0 Å². The lowest BCUT2D eigenvalue weighted by molar-refractivity contribution is -0.113. The predicted octanol–water partition coefficient (Wildman–Crippen LogP) is 1.71. The van der Waals surface area contributed by atoms with Gasteiger partial charge in [0.05, 0.1) is 0 Å². The van der Waals surface area contributed by atoms with E-state index in [1.807, 2.05) is 0 Å². The van der Waals surface area contributed by atoms with Crippen molar-refractivity contribution in [1.82, 2.24) is 0 Å². The van der Waals surface area contributed by atoms with Gasteiger partial charge in [-0.3, -0.25) is 4.79 Å². The number of allylic oxidation sites excluding steroid dienone is 2. The number of rotatable bonds is 3. The highest BCUT2D eigenvalue weighted by Gasteiger charge is 1.87. The van der Waals surface area contributed by atoms with Crippen LogP contribution in [0.4, 0.5) is 0 Å². The van der Waals surface area contributed by atoms with Crippen LogP contribution in [-0.4, -0.2) is 5.78 Å². The number of Topliss-reactive ketones (excluding diaryl/α,β-unsaturated/α-hetero) is 1. The SMILES string of the molecule is C=CCC#CC(=O)CC=C. The summed E-state index contributed by atoms with van der Waals surface area (Å²) in [6.45, 7) is 6.89. The van der Waals surface area contributed by atoms with Crippen molar-refractivity contribution < 1.29 is 4.79 Å². The molecule has 0 aliphatic rings. The summed E-state index contributed by atoms with van der Waals surface area (Å²) in [5.41, 5.74) is 0. The van der Waals surface area contributed by atoms with Crippen molar-refractivity contribution in [3.05, 3.63) is 25.3 Å². The predicted molar refractivity (Wildman–Crippen MR) is 42.4 cm³/mol. The van der Waals surface area contributed by atoms with E-state index in [4.69, 9.17) is 0 Å². The minimum absolute atomic E-state index is 0.0862. The van der Waals surface area contributed by atoms with Crippen LogP contribution in [0.1, 0.15) is 12.8 Å². The Morgan fingerprint density at radius 1 is 1.40 bits per heavy atom. The second-order valence-electron chi connectivity index (χ2n) is 1.71. The van der Waals surface area contributed by atoms with Gasteiger partial charge >= 0.3 is 0 Å².